The van der Waals surface area contributed by atoms with Crippen molar-refractivity contribution in [2.45, 2.75) is 46.2 Å². The summed E-state index contributed by atoms with van der Waals surface area (Å²) in [7, 11) is 0. The van der Waals surface area contributed by atoms with Crippen molar-refractivity contribution in [2.75, 3.05) is 4.90 Å². The number of anilines is 1. The van der Waals surface area contributed by atoms with Gasteiger partial charge in [-0.25, -0.2) is 5.43 Å². The number of fused-ring (bicyclic) bond motifs is 2. The minimum atomic E-state index is -0.453. The number of carbonyl (C=O) groups excluding carboxylic acids is 1. The van der Waals surface area contributed by atoms with E-state index >= 15 is 0 Å². The van der Waals surface area contributed by atoms with Gasteiger partial charge in [-0.1, -0.05) is 36.4 Å². The zero-order valence-corrected chi connectivity index (χ0v) is 19.2. The second-order valence-electron chi connectivity index (χ2n) is 9.14. The topological polar surface area (TPSA) is 64.9 Å². The van der Waals surface area contributed by atoms with E-state index in [1.807, 2.05) is 30.3 Å². The number of hydrogen-bond acceptors (Lipinski definition) is 4. The van der Waals surface area contributed by atoms with Crippen LogP contribution in [0.2, 0.25) is 0 Å². The first-order chi connectivity index (χ1) is 15.2. The number of nitrogens with one attached hydrogen (secondary N) is 1. The van der Waals surface area contributed by atoms with E-state index in [1.165, 1.54) is 16.8 Å². The lowest BCUT2D eigenvalue weighted by Crippen LogP contribution is -2.49. The smallest absolute Gasteiger partial charge is 0.275 e. The molecule has 0 aromatic heterocycles. The molecule has 0 bridgehead atoms. The minimum absolute atomic E-state index is 0.0588. The number of hydrogen-bond donors (Lipinski definition) is 2. The summed E-state index contributed by atoms with van der Waals surface area (Å²) in [6.07, 6.45) is 3.92. The zero-order valence-electron chi connectivity index (χ0n) is 19.2. The highest BCUT2D eigenvalue weighted by atomic mass is 16.3. The third-order valence-electron chi connectivity index (χ3n) is 5.90. The van der Waals surface area contributed by atoms with Crippen LogP contribution in [0.5, 0.6) is 5.75 Å². The lowest BCUT2D eigenvalue weighted by molar-refractivity contribution is 0.0952. The number of benzene rings is 3. The van der Waals surface area contributed by atoms with Crippen LogP contribution in [0.3, 0.4) is 0 Å². The number of aromatic hydroxyl groups is 1. The molecular weight excluding hydrogens is 398 g/mol. The Hall–Kier alpha value is -3.60. The molecule has 5 nitrogen and oxygen atoms in total. The van der Waals surface area contributed by atoms with Gasteiger partial charge in [0.15, 0.2) is 0 Å². The highest BCUT2D eigenvalue weighted by Crippen LogP contribution is 2.40. The van der Waals surface area contributed by atoms with Gasteiger partial charge in [0.25, 0.3) is 5.91 Å². The monoisotopic (exact) mass is 427 g/mol. The van der Waals surface area contributed by atoms with Crippen LogP contribution >= 0.6 is 0 Å². The summed E-state index contributed by atoms with van der Waals surface area (Å²) in [5.74, 6) is -0.520. The van der Waals surface area contributed by atoms with Crippen LogP contribution in [0.15, 0.2) is 65.8 Å². The molecule has 1 heterocycles. The van der Waals surface area contributed by atoms with Crippen LogP contribution < -0.4 is 10.3 Å². The van der Waals surface area contributed by atoms with Crippen LogP contribution in [0.4, 0.5) is 5.69 Å². The van der Waals surface area contributed by atoms with E-state index in [9.17, 15) is 9.90 Å². The molecule has 2 N–H and O–H groups in total. The Morgan fingerprint density at radius 1 is 1.09 bits per heavy atom. The van der Waals surface area contributed by atoms with Gasteiger partial charge in [0.2, 0.25) is 0 Å². The van der Waals surface area contributed by atoms with E-state index < -0.39 is 5.91 Å². The molecule has 4 rings (SSSR count). The van der Waals surface area contributed by atoms with Crippen molar-refractivity contribution in [1.82, 2.24) is 5.43 Å². The van der Waals surface area contributed by atoms with E-state index in [4.69, 9.17) is 0 Å². The Kier molecular flexibility index (Phi) is 5.51. The summed E-state index contributed by atoms with van der Waals surface area (Å²) in [6.45, 7) is 11.0. The maximum absolute atomic E-state index is 12.6. The third-order valence-corrected chi connectivity index (χ3v) is 5.90. The average Bonchev–Trinajstić information content (AvgIpc) is 2.72. The molecule has 3 aromatic carbocycles. The lowest BCUT2D eigenvalue weighted by Gasteiger charge is -2.46. The first kappa shape index (κ1) is 21.6. The Bertz CT molecular complexity index is 1250. The Balaban J connectivity index is 1.56. The molecule has 0 saturated carbocycles. The predicted molar refractivity (Wildman–Crippen MR) is 132 cm³/mol. The average molecular weight is 428 g/mol. The minimum Gasteiger partial charge on any atom is -0.507 e. The van der Waals surface area contributed by atoms with Crippen molar-refractivity contribution < 1.29 is 9.90 Å². The van der Waals surface area contributed by atoms with Crippen molar-refractivity contribution in [3.63, 3.8) is 0 Å². The van der Waals surface area contributed by atoms with Gasteiger partial charge >= 0.3 is 0 Å². The van der Waals surface area contributed by atoms with Crippen molar-refractivity contribution in [3.05, 3.63) is 77.4 Å². The van der Waals surface area contributed by atoms with E-state index in [0.29, 0.717) is 6.04 Å². The molecule has 0 fully saturated rings. The summed E-state index contributed by atoms with van der Waals surface area (Å²) >= 11 is 0. The number of nitrogens with zero attached hydrogens (tertiary/aromatic N) is 2. The van der Waals surface area contributed by atoms with Gasteiger partial charge in [0.05, 0.1) is 17.3 Å². The van der Waals surface area contributed by atoms with Crippen LogP contribution in [0, 0.1) is 0 Å². The first-order valence-corrected chi connectivity index (χ1v) is 10.9. The fourth-order valence-electron chi connectivity index (χ4n) is 4.73. The van der Waals surface area contributed by atoms with Gasteiger partial charge in [0, 0.05) is 17.3 Å². The van der Waals surface area contributed by atoms with Gasteiger partial charge in [0.1, 0.15) is 5.75 Å². The molecule has 164 valence electrons. The molecule has 0 unspecified atom stereocenters. The largest absolute Gasteiger partial charge is 0.507 e. The summed E-state index contributed by atoms with van der Waals surface area (Å²) in [5, 5.41) is 16.1. The molecule has 0 aliphatic carbocycles. The van der Waals surface area contributed by atoms with Crippen molar-refractivity contribution in [2.24, 2.45) is 5.10 Å². The number of carbonyl (C=O) groups is 1. The van der Waals surface area contributed by atoms with Crippen molar-refractivity contribution in [1.29, 1.82) is 0 Å². The summed E-state index contributed by atoms with van der Waals surface area (Å²) in [4.78, 5) is 15.0. The highest BCUT2D eigenvalue weighted by Gasteiger charge is 2.32. The molecule has 1 aliphatic heterocycles. The molecule has 5 heteroatoms. The SMILES string of the molecule is CC1=CC(C)(C)N(C(C)C)c2ccc(/C=N/NC(=O)c3cc4ccccc4cc3O)cc21. The quantitative estimate of drug-likeness (QED) is 0.413. The standard InChI is InChI=1S/C27H29N3O2/c1-17(2)30-24-11-10-19(12-22(24)18(3)15-27(30,4)5)16-28-29-26(32)23-13-20-8-6-7-9-21(20)14-25(23)31/h6-17,31H,1-5H3,(H,29,32)/b28-16+. The molecule has 0 radical (unpaired) electrons. The van der Waals surface area contributed by atoms with Gasteiger partial charge in [-0.2, -0.15) is 5.10 Å². The summed E-state index contributed by atoms with van der Waals surface area (Å²) < 4.78 is 0. The second-order valence-corrected chi connectivity index (χ2v) is 9.14. The Labute approximate surface area is 189 Å². The fraction of sp³-hybridized carbons (Fsp3) is 0.259. The molecule has 0 atom stereocenters. The zero-order chi connectivity index (χ0) is 23.0. The van der Waals surface area contributed by atoms with Crippen LogP contribution in [-0.4, -0.2) is 28.8 Å². The Morgan fingerprint density at radius 3 is 2.47 bits per heavy atom. The van der Waals surface area contributed by atoms with Gasteiger partial charge in [-0.3, -0.25) is 4.79 Å². The molecule has 1 amide bonds. The van der Waals surface area contributed by atoms with E-state index in [-0.39, 0.29) is 16.9 Å². The molecule has 0 spiro atoms. The van der Waals surface area contributed by atoms with E-state index in [0.717, 1.165) is 16.3 Å². The Morgan fingerprint density at radius 2 is 1.78 bits per heavy atom. The molecule has 32 heavy (non-hydrogen) atoms. The maximum Gasteiger partial charge on any atom is 0.275 e. The van der Waals surface area contributed by atoms with Crippen molar-refractivity contribution >= 4 is 34.2 Å². The fourth-order valence-corrected chi connectivity index (χ4v) is 4.73. The molecule has 1 aliphatic rings. The van der Waals surface area contributed by atoms with Gasteiger partial charge in [-0.15, -0.1) is 0 Å². The molecule has 3 aromatic rings. The number of hydrazone groups is 1. The van der Waals surface area contributed by atoms with Crippen LogP contribution in [-0.2, 0) is 0 Å². The van der Waals surface area contributed by atoms with Crippen LogP contribution in [0.25, 0.3) is 16.3 Å². The van der Waals surface area contributed by atoms with E-state index in [1.54, 1.807) is 18.3 Å². The number of amides is 1. The lowest BCUT2D eigenvalue weighted by atomic mass is 9.87. The van der Waals surface area contributed by atoms with Gasteiger partial charge < -0.3 is 10.0 Å². The highest BCUT2D eigenvalue weighted by molar-refractivity contribution is 6.01. The number of rotatable bonds is 4. The normalized spacial score (nSPS) is 15.2. The van der Waals surface area contributed by atoms with Gasteiger partial charge in [-0.05, 0) is 80.8 Å². The second kappa shape index (κ2) is 8.15. The number of phenolic OH excluding ortho intramolecular Hbond substituents is 1. The molecular formula is C27H29N3O2. The summed E-state index contributed by atoms with van der Waals surface area (Å²) in [5.41, 5.74) is 7.15. The third kappa shape index (κ3) is 3.98. The first-order valence-electron chi connectivity index (χ1n) is 10.9. The maximum atomic E-state index is 12.6. The van der Waals surface area contributed by atoms with E-state index in [2.05, 4.69) is 68.3 Å². The van der Waals surface area contributed by atoms with Crippen molar-refractivity contribution in [3.8, 4) is 5.75 Å². The predicted octanol–water partition coefficient (Wildman–Crippen LogP) is 5.72. The van der Waals surface area contributed by atoms with Crippen LogP contribution in [0.1, 0.15) is 56.1 Å². The summed E-state index contributed by atoms with van der Waals surface area (Å²) in [6, 6.07) is 17.4. The number of phenols is 1. The molecule has 0 saturated heterocycles. The number of allylic oxidation sites excluding steroid dienone is 1.